The van der Waals surface area contributed by atoms with Crippen molar-refractivity contribution in [3.63, 3.8) is 0 Å². The topological polar surface area (TPSA) is 64.4 Å². The molecule has 4 nitrogen and oxygen atoms in total. The van der Waals surface area contributed by atoms with Gasteiger partial charge in [0.1, 0.15) is 24.0 Å². The van der Waals surface area contributed by atoms with E-state index in [0.717, 1.165) is 12.0 Å². The third-order valence-corrected chi connectivity index (χ3v) is 4.45. The highest BCUT2D eigenvalue weighted by Gasteiger charge is 2.08. The summed E-state index contributed by atoms with van der Waals surface area (Å²) in [6.45, 7) is 1.72. The van der Waals surface area contributed by atoms with Gasteiger partial charge in [-0.3, -0.25) is 4.79 Å². The van der Waals surface area contributed by atoms with E-state index in [-0.39, 0.29) is 19.1 Å². The molecule has 0 aliphatic rings. The molecule has 0 aliphatic heterocycles. The largest absolute Gasteiger partial charge is 0.492 e. The Morgan fingerprint density at radius 3 is 2.43 bits per heavy atom. The van der Waals surface area contributed by atoms with Crippen molar-refractivity contribution in [1.29, 1.82) is 0 Å². The minimum Gasteiger partial charge on any atom is -0.492 e. The average molecular weight is 412 g/mol. The Morgan fingerprint density at radius 1 is 0.967 bits per heavy atom. The summed E-state index contributed by atoms with van der Waals surface area (Å²) in [7, 11) is 0. The molecule has 0 saturated carbocycles. The van der Waals surface area contributed by atoms with Crippen molar-refractivity contribution >= 4 is 5.91 Å². The Labute approximate surface area is 175 Å². The maximum absolute atomic E-state index is 14.2. The summed E-state index contributed by atoms with van der Waals surface area (Å²) in [5.74, 6) is -0.592. The predicted molar refractivity (Wildman–Crippen MR) is 116 cm³/mol. The molecule has 3 aromatic rings. The molecule has 0 spiro atoms. The normalized spacial score (nSPS) is 10.3. The molecule has 0 aliphatic carbocycles. The molecule has 0 unspecified atom stereocenters. The van der Waals surface area contributed by atoms with Crippen LogP contribution in [0.4, 0.5) is 8.78 Å². The summed E-state index contributed by atoms with van der Waals surface area (Å²) in [6, 6.07) is 17.5. The van der Waals surface area contributed by atoms with Gasteiger partial charge in [-0.2, -0.15) is 0 Å². The molecule has 0 bridgehead atoms. The molecule has 3 rings (SSSR count). The SMILES string of the molecule is C.NC(=O)c1ccc(-c2cc(OCCNCCc3cccc(F)c3)ccc2F)cc1. The number of nitrogens with one attached hydrogen (secondary N) is 1. The lowest BCUT2D eigenvalue weighted by atomic mass is 10.0. The quantitative estimate of drug-likeness (QED) is 0.506. The Balaban J connectivity index is 0.00000320. The van der Waals surface area contributed by atoms with Gasteiger partial charge in [0.15, 0.2) is 0 Å². The lowest BCUT2D eigenvalue weighted by Gasteiger charge is -2.10. The Kier molecular flexibility index (Phi) is 8.50. The summed E-state index contributed by atoms with van der Waals surface area (Å²) >= 11 is 0. The summed E-state index contributed by atoms with van der Waals surface area (Å²) in [5, 5.41) is 3.23. The number of amides is 1. The van der Waals surface area contributed by atoms with E-state index in [9.17, 15) is 13.6 Å². The molecular weight excluding hydrogens is 386 g/mol. The summed E-state index contributed by atoms with van der Waals surface area (Å²) < 4.78 is 33.0. The maximum Gasteiger partial charge on any atom is 0.248 e. The van der Waals surface area contributed by atoms with Crippen molar-refractivity contribution in [2.45, 2.75) is 13.8 Å². The zero-order valence-corrected chi connectivity index (χ0v) is 15.8. The summed E-state index contributed by atoms with van der Waals surface area (Å²) in [6.07, 6.45) is 0.722. The number of carbonyl (C=O) groups is 1. The first-order valence-electron chi connectivity index (χ1n) is 9.30. The number of primary amides is 1. The van der Waals surface area contributed by atoms with Gasteiger partial charge in [0.2, 0.25) is 5.91 Å². The number of ether oxygens (including phenoxy) is 1. The molecule has 0 heterocycles. The van der Waals surface area contributed by atoms with Gasteiger partial charge in [-0.1, -0.05) is 31.7 Å². The van der Waals surface area contributed by atoms with Gasteiger partial charge in [-0.25, -0.2) is 8.78 Å². The fourth-order valence-electron chi connectivity index (χ4n) is 2.92. The van der Waals surface area contributed by atoms with Crippen LogP contribution in [0.25, 0.3) is 11.1 Å². The van der Waals surface area contributed by atoms with Crippen LogP contribution in [0, 0.1) is 11.6 Å². The van der Waals surface area contributed by atoms with E-state index in [1.807, 2.05) is 6.07 Å². The van der Waals surface area contributed by atoms with Crippen molar-refractivity contribution in [3.05, 3.63) is 89.5 Å². The number of benzene rings is 3. The molecule has 158 valence electrons. The van der Waals surface area contributed by atoms with E-state index in [1.54, 1.807) is 42.5 Å². The van der Waals surface area contributed by atoms with Gasteiger partial charge < -0.3 is 15.8 Å². The van der Waals surface area contributed by atoms with Crippen LogP contribution in [0.15, 0.2) is 66.7 Å². The number of carbonyl (C=O) groups excluding carboxylic acids is 1. The van der Waals surface area contributed by atoms with Crippen molar-refractivity contribution in [1.82, 2.24) is 5.32 Å². The number of hydrogen-bond donors (Lipinski definition) is 2. The van der Waals surface area contributed by atoms with Crippen molar-refractivity contribution in [3.8, 4) is 16.9 Å². The molecule has 1 amide bonds. The molecule has 3 N–H and O–H groups in total. The van der Waals surface area contributed by atoms with E-state index in [4.69, 9.17) is 10.5 Å². The number of halogens is 2. The highest BCUT2D eigenvalue weighted by Crippen LogP contribution is 2.27. The van der Waals surface area contributed by atoms with Crippen molar-refractivity contribution in [2.24, 2.45) is 5.73 Å². The van der Waals surface area contributed by atoms with E-state index < -0.39 is 5.91 Å². The fourth-order valence-corrected chi connectivity index (χ4v) is 2.92. The first kappa shape index (κ1) is 23.0. The van der Waals surface area contributed by atoms with Crippen LogP contribution in [0.2, 0.25) is 0 Å². The van der Waals surface area contributed by atoms with Crippen molar-refractivity contribution in [2.75, 3.05) is 19.7 Å². The lowest BCUT2D eigenvalue weighted by molar-refractivity contribution is 0.100. The average Bonchev–Trinajstić information content (AvgIpc) is 2.72. The van der Waals surface area contributed by atoms with Crippen LogP contribution < -0.4 is 15.8 Å². The minimum absolute atomic E-state index is 0. The molecule has 0 saturated heterocycles. The number of nitrogens with two attached hydrogens (primary N) is 1. The molecule has 0 atom stereocenters. The maximum atomic E-state index is 14.2. The summed E-state index contributed by atoms with van der Waals surface area (Å²) in [5.41, 5.74) is 7.55. The third-order valence-electron chi connectivity index (χ3n) is 4.45. The van der Waals surface area contributed by atoms with Gasteiger partial charge in [0.05, 0.1) is 0 Å². The fraction of sp³-hybridized carbons (Fsp3) is 0.208. The van der Waals surface area contributed by atoms with E-state index >= 15 is 0 Å². The van der Waals surface area contributed by atoms with E-state index in [2.05, 4.69) is 5.32 Å². The Bertz CT molecular complexity index is 975. The predicted octanol–water partition coefficient (Wildman–Crippen LogP) is 4.58. The van der Waals surface area contributed by atoms with Crippen LogP contribution in [-0.4, -0.2) is 25.6 Å². The number of rotatable bonds is 9. The zero-order chi connectivity index (χ0) is 20.6. The van der Waals surface area contributed by atoms with Crippen molar-refractivity contribution < 1.29 is 18.3 Å². The smallest absolute Gasteiger partial charge is 0.248 e. The second-order valence-electron chi connectivity index (χ2n) is 6.56. The second-order valence-corrected chi connectivity index (χ2v) is 6.56. The van der Waals surface area contributed by atoms with Crippen LogP contribution in [0.1, 0.15) is 23.3 Å². The van der Waals surface area contributed by atoms with Gasteiger partial charge in [0, 0.05) is 17.7 Å². The molecule has 3 aromatic carbocycles. The highest BCUT2D eigenvalue weighted by atomic mass is 19.1. The van der Waals surface area contributed by atoms with E-state index in [1.165, 1.54) is 18.2 Å². The Morgan fingerprint density at radius 2 is 1.73 bits per heavy atom. The first-order chi connectivity index (χ1) is 14.0. The third kappa shape index (κ3) is 6.39. The Hall–Kier alpha value is -3.25. The molecule has 6 heteroatoms. The van der Waals surface area contributed by atoms with Crippen LogP contribution >= 0.6 is 0 Å². The monoisotopic (exact) mass is 412 g/mol. The van der Waals surface area contributed by atoms with Gasteiger partial charge in [-0.15, -0.1) is 0 Å². The molecule has 0 aromatic heterocycles. The van der Waals surface area contributed by atoms with E-state index in [0.29, 0.717) is 42.1 Å². The summed E-state index contributed by atoms with van der Waals surface area (Å²) in [4.78, 5) is 11.2. The highest BCUT2D eigenvalue weighted by molar-refractivity contribution is 5.93. The van der Waals surface area contributed by atoms with Gasteiger partial charge in [-0.05, 0) is 66.6 Å². The molecular formula is C24H26F2N2O2. The first-order valence-corrected chi connectivity index (χ1v) is 9.30. The van der Waals surface area contributed by atoms with Crippen LogP contribution in [0.5, 0.6) is 5.75 Å². The standard InChI is InChI=1S/C23H22F2N2O2.CH4/c24-19-3-1-2-16(14-19)10-11-27-12-13-29-20-8-9-22(25)21(15-20)17-4-6-18(7-5-17)23(26)28;/h1-9,14-15,27H,10-13H2,(H2,26,28);1H4. The van der Waals surface area contributed by atoms with Gasteiger partial charge in [0.25, 0.3) is 0 Å². The minimum atomic E-state index is -0.529. The van der Waals surface area contributed by atoms with Crippen LogP contribution in [0.3, 0.4) is 0 Å². The lowest BCUT2D eigenvalue weighted by Crippen LogP contribution is -2.23. The second kappa shape index (κ2) is 11.1. The molecule has 0 radical (unpaired) electrons. The zero-order valence-electron chi connectivity index (χ0n) is 15.8. The van der Waals surface area contributed by atoms with Gasteiger partial charge >= 0.3 is 0 Å². The number of hydrogen-bond acceptors (Lipinski definition) is 3. The van der Waals surface area contributed by atoms with Crippen LogP contribution in [-0.2, 0) is 6.42 Å². The molecule has 30 heavy (non-hydrogen) atoms. The molecule has 0 fully saturated rings.